The molecule has 0 aromatic carbocycles. The number of hydrogen-bond donors (Lipinski definition) is 3. The summed E-state index contributed by atoms with van der Waals surface area (Å²) in [4.78, 5) is 3.74. The van der Waals surface area contributed by atoms with Crippen molar-refractivity contribution in [2.24, 2.45) is 0 Å². The predicted molar refractivity (Wildman–Crippen MR) is 72.8 cm³/mol. The second kappa shape index (κ2) is 5.54. The van der Waals surface area contributed by atoms with Crippen molar-refractivity contribution in [3.05, 3.63) is 38.8 Å². The number of sulfonamides is 1. The Bertz CT molecular complexity index is 633. The van der Waals surface area contributed by atoms with Gasteiger partial charge >= 0.3 is 0 Å². The number of aromatic amines is 1. The third-order valence-corrected chi connectivity index (χ3v) is 5.27. The van der Waals surface area contributed by atoms with Crippen LogP contribution in [0.25, 0.3) is 0 Å². The van der Waals surface area contributed by atoms with Crippen molar-refractivity contribution in [2.45, 2.75) is 18.0 Å². The van der Waals surface area contributed by atoms with Crippen LogP contribution in [0.3, 0.4) is 0 Å². The van der Waals surface area contributed by atoms with Gasteiger partial charge in [0.05, 0.1) is 15.3 Å². The zero-order valence-corrected chi connectivity index (χ0v) is 12.4. The highest BCUT2D eigenvalue weighted by molar-refractivity contribution is 9.11. The van der Waals surface area contributed by atoms with Gasteiger partial charge in [0, 0.05) is 23.3 Å². The summed E-state index contributed by atoms with van der Waals surface area (Å²) in [6.45, 7) is 0.0334. The van der Waals surface area contributed by atoms with Crippen LogP contribution < -0.4 is 4.72 Å². The first-order valence-corrected chi connectivity index (χ1v) is 8.12. The SMILES string of the molecule is O=S(=O)(NCc1ccc(Br)s1)c1c[nH]c(CO)c1. The average Bonchev–Trinajstić information content (AvgIpc) is 2.95. The van der Waals surface area contributed by atoms with Gasteiger partial charge in [0.15, 0.2) is 0 Å². The van der Waals surface area contributed by atoms with E-state index in [-0.39, 0.29) is 18.0 Å². The smallest absolute Gasteiger partial charge is 0.242 e. The first-order chi connectivity index (χ1) is 8.51. The van der Waals surface area contributed by atoms with E-state index in [9.17, 15) is 8.42 Å². The van der Waals surface area contributed by atoms with Crippen molar-refractivity contribution in [2.75, 3.05) is 0 Å². The van der Waals surface area contributed by atoms with E-state index in [1.807, 2.05) is 12.1 Å². The number of halogens is 1. The fourth-order valence-corrected chi connectivity index (χ4v) is 3.90. The molecule has 0 aliphatic rings. The van der Waals surface area contributed by atoms with Gasteiger partial charge in [-0.15, -0.1) is 11.3 Å². The van der Waals surface area contributed by atoms with Crippen molar-refractivity contribution in [3.8, 4) is 0 Å². The second-order valence-corrected chi connectivity index (χ2v) is 7.86. The van der Waals surface area contributed by atoms with E-state index >= 15 is 0 Å². The number of nitrogens with one attached hydrogen (secondary N) is 2. The maximum Gasteiger partial charge on any atom is 0.242 e. The highest BCUT2D eigenvalue weighted by Gasteiger charge is 2.15. The molecule has 0 radical (unpaired) electrons. The number of aromatic nitrogens is 1. The topological polar surface area (TPSA) is 82.2 Å². The molecule has 2 aromatic rings. The summed E-state index contributed by atoms with van der Waals surface area (Å²) in [5.74, 6) is 0. The molecule has 0 unspecified atom stereocenters. The summed E-state index contributed by atoms with van der Waals surface area (Å²) >= 11 is 4.79. The molecule has 0 amide bonds. The Morgan fingerprint density at radius 2 is 2.22 bits per heavy atom. The van der Waals surface area contributed by atoms with Gasteiger partial charge in [-0.3, -0.25) is 0 Å². The van der Waals surface area contributed by atoms with E-state index in [1.54, 1.807) is 0 Å². The van der Waals surface area contributed by atoms with Gasteiger partial charge in [0.2, 0.25) is 10.0 Å². The maximum absolute atomic E-state index is 11.9. The lowest BCUT2D eigenvalue weighted by Gasteiger charge is -2.02. The van der Waals surface area contributed by atoms with Crippen LogP contribution in [-0.4, -0.2) is 18.5 Å². The first kappa shape index (κ1) is 13.8. The van der Waals surface area contributed by atoms with Crippen LogP contribution in [0.5, 0.6) is 0 Å². The lowest BCUT2D eigenvalue weighted by molar-refractivity contribution is 0.277. The monoisotopic (exact) mass is 350 g/mol. The van der Waals surface area contributed by atoms with E-state index in [0.29, 0.717) is 5.69 Å². The summed E-state index contributed by atoms with van der Waals surface area (Å²) in [6.07, 6.45) is 1.36. The molecule has 98 valence electrons. The van der Waals surface area contributed by atoms with Gasteiger partial charge in [-0.05, 0) is 34.1 Å². The summed E-state index contributed by atoms with van der Waals surface area (Å²) in [7, 11) is -3.54. The van der Waals surface area contributed by atoms with Gasteiger partial charge in [0.25, 0.3) is 0 Å². The normalized spacial score (nSPS) is 11.9. The molecule has 2 heterocycles. The highest BCUT2D eigenvalue weighted by atomic mass is 79.9. The molecule has 0 saturated carbocycles. The lowest BCUT2D eigenvalue weighted by Crippen LogP contribution is -2.22. The Morgan fingerprint density at radius 3 is 2.78 bits per heavy atom. The highest BCUT2D eigenvalue weighted by Crippen LogP contribution is 2.22. The maximum atomic E-state index is 11.9. The minimum Gasteiger partial charge on any atom is -0.390 e. The zero-order valence-electron chi connectivity index (χ0n) is 9.18. The van der Waals surface area contributed by atoms with Crippen LogP contribution in [-0.2, 0) is 23.2 Å². The number of rotatable bonds is 5. The summed E-state index contributed by atoms with van der Waals surface area (Å²) in [5, 5.41) is 8.88. The Balaban J connectivity index is 2.07. The molecule has 0 bridgehead atoms. The van der Waals surface area contributed by atoms with Gasteiger partial charge in [-0.2, -0.15) is 0 Å². The summed E-state index contributed by atoms with van der Waals surface area (Å²) in [5.41, 5.74) is 0.467. The minimum atomic E-state index is -3.54. The van der Waals surface area contributed by atoms with Crippen LogP contribution in [0.2, 0.25) is 0 Å². The van der Waals surface area contributed by atoms with Crippen LogP contribution in [0.1, 0.15) is 10.6 Å². The molecule has 0 aliphatic carbocycles. The number of hydrogen-bond acceptors (Lipinski definition) is 4. The van der Waals surface area contributed by atoms with Gasteiger partial charge in [-0.25, -0.2) is 13.1 Å². The fraction of sp³-hybridized carbons (Fsp3) is 0.200. The van der Waals surface area contributed by atoms with Crippen LogP contribution in [0.15, 0.2) is 33.1 Å². The molecule has 2 rings (SSSR count). The molecule has 3 N–H and O–H groups in total. The summed E-state index contributed by atoms with van der Waals surface area (Å²) in [6, 6.07) is 5.13. The zero-order chi connectivity index (χ0) is 13.2. The molecule has 0 fully saturated rings. The van der Waals surface area contributed by atoms with Crippen LogP contribution in [0.4, 0.5) is 0 Å². The fourth-order valence-electron chi connectivity index (χ4n) is 1.36. The van der Waals surface area contributed by atoms with E-state index < -0.39 is 10.0 Å². The molecule has 8 heteroatoms. The molecular weight excluding hydrogens is 340 g/mol. The van der Waals surface area contributed by atoms with Crippen molar-refractivity contribution < 1.29 is 13.5 Å². The Kier molecular flexibility index (Phi) is 4.23. The number of H-pyrrole nitrogens is 1. The Hall–Kier alpha value is -0.670. The van der Waals surface area contributed by atoms with Crippen molar-refractivity contribution in [1.82, 2.24) is 9.71 Å². The molecule has 2 aromatic heterocycles. The van der Waals surface area contributed by atoms with Crippen molar-refractivity contribution in [3.63, 3.8) is 0 Å². The standard InChI is InChI=1S/C10H11BrN2O3S2/c11-10-2-1-8(17-10)4-13-18(15,16)9-3-7(6-14)12-5-9/h1-3,5,12-14H,4,6H2. The molecule has 0 saturated heterocycles. The largest absolute Gasteiger partial charge is 0.390 e. The van der Waals surface area contributed by atoms with Crippen LogP contribution >= 0.6 is 27.3 Å². The van der Waals surface area contributed by atoms with E-state index in [0.717, 1.165) is 8.66 Å². The van der Waals surface area contributed by atoms with Gasteiger partial charge < -0.3 is 10.1 Å². The van der Waals surface area contributed by atoms with E-state index in [2.05, 4.69) is 25.6 Å². The van der Waals surface area contributed by atoms with E-state index in [4.69, 9.17) is 5.11 Å². The predicted octanol–water partition coefficient (Wildman–Crippen LogP) is 1.81. The molecular formula is C10H11BrN2O3S2. The van der Waals surface area contributed by atoms with Crippen molar-refractivity contribution >= 4 is 37.3 Å². The summed E-state index contributed by atoms with van der Waals surface area (Å²) < 4.78 is 27.3. The third-order valence-electron chi connectivity index (χ3n) is 2.26. The molecule has 0 spiro atoms. The average molecular weight is 351 g/mol. The molecule has 0 aliphatic heterocycles. The third kappa shape index (κ3) is 3.21. The molecule has 5 nitrogen and oxygen atoms in total. The number of thiophene rings is 1. The van der Waals surface area contributed by atoms with Crippen LogP contribution in [0, 0.1) is 0 Å². The molecule has 18 heavy (non-hydrogen) atoms. The minimum absolute atomic E-state index is 0.127. The number of aliphatic hydroxyl groups excluding tert-OH is 1. The van der Waals surface area contributed by atoms with Gasteiger partial charge in [-0.1, -0.05) is 0 Å². The van der Waals surface area contributed by atoms with E-state index in [1.165, 1.54) is 23.6 Å². The van der Waals surface area contributed by atoms with Crippen molar-refractivity contribution in [1.29, 1.82) is 0 Å². The second-order valence-electron chi connectivity index (χ2n) is 3.55. The Morgan fingerprint density at radius 1 is 1.44 bits per heavy atom. The molecule has 0 atom stereocenters. The lowest BCUT2D eigenvalue weighted by atomic mass is 10.5. The quantitative estimate of drug-likeness (QED) is 0.768. The first-order valence-electron chi connectivity index (χ1n) is 5.03. The Labute approximate surface area is 117 Å². The van der Waals surface area contributed by atoms with Gasteiger partial charge in [0.1, 0.15) is 0 Å². The number of aliphatic hydroxyl groups is 1.